The molecule has 0 aliphatic rings. The fourth-order valence-electron chi connectivity index (χ4n) is 0.678. The molecule has 0 aromatic heterocycles. The summed E-state index contributed by atoms with van der Waals surface area (Å²) < 4.78 is 0.850. The number of hydrogen-bond acceptors (Lipinski definition) is 1. The quantitative estimate of drug-likeness (QED) is 0.668. The normalized spacial score (nSPS) is 9.90. The van der Waals surface area contributed by atoms with Crippen molar-refractivity contribution in [2.24, 2.45) is 0 Å². The van der Waals surface area contributed by atoms with Crippen LogP contribution in [0.25, 0.3) is 0 Å². The Hall–Kier alpha value is -0.210. The fraction of sp³-hybridized carbons (Fsp3) is 0.143. The van der Waals surface area contributed by atoms with Crippen LogP contribution in [0, 0.1) is 6.92 Å². The molecule has 0 atom stereocenters. The highest BCUT2D eigenvalue weighted by Gasteiger charge is 2.02. The summed E-state index contributed by atoms with van der Waals surface area (Å²) in [7, 11) is 0. The molecule has 0 bridgehead atoms. The van der Waals surface area contributed by atoms with Crippen LogP contribution in [0.15, 0.2) is 16.6 Å². The van der Waals surface area contributed by atoms with E-state index in [0.29, 0.717) is 10.7 Å². The molecule has 1 nitrogen and oxygen atoms in total. The van der Waals surface area contributed by atoms with E-state index in [1.54, 1.807) is 0 Å². The molecule has 0 unspecified atom stereocenters. The van der Waals surface area contributed by atoms with Crippen LogP contribution < -0.4 is 5.73 Å². The van der Waals surface area contributed by atoms with E-state index in [1.165, 1.54) is 0 Å². The highest BCUT2D eigenvalue weighted by molar-refractivity contribution is 9.10. The van der Waals surface area contributed by atoms with Gasteiger partial charge in [0.05, 0.1) is 10.7 Å². The predicted molar refractivity (Wildman–Crippen MR) is 48.3 cm³/mol. The fourth-order valence-corrected chi connectivity index (χ4v) is 1.29. The van der Waals surface area contributed by atoms with Crippen LogP contribution in [0.3, 0.4) is 0 Å². The van der Waals surface area contributed by atoms with Crippen LogP contribution >= 0.6 is 27.5 Å². The van der Waals surface area contributed by atoms with Gasteiger partial charge in [0.15, 0.2) is 0 Å². The Labute approximate surface area is 73.3 Å². The number of hydrogen-bond donors (Lipinski definition) is 1. The molecule has 1 aromatic carbocycles. The second-order valence-electron chi connectivity index (χ2n) is 2.09. The van der Waals surface area contributed by atoms with Crippen molar-refractivity contribution in [2.75, 3.05) is 5.73 Å². The average molecular weight is 220 g/mol. The molecule has 0 saturated heterocycles. The minimum Gasteiger partial charge on any atom is -0.397 e. The number of anilines is 1. The summed E-state index contributed by atoms with van der Waals surface area (Å²) in [5, 5.41) is 0.634. The summed E-state index contributed by atoms with van der Waals surface area (Å²) in [4.78, 5) is 0. The molecule has 0 heterocycles. The first kappa shape index (κ1) is 7.89. The van der Waals surface area contributed by atoms with Crippen molar-refractivity contribution in [1.82, 2.24) is 0 Å². The van der Waals surface area contributed by atoms with E-state index >= 15 is 0 Å². The van der Waals surface area contributed by atoms with Crippen molar-refractivity contribution in [3.63, 3.8) is 0 Å². The number of halogens is 2. The van der Waals surface area contributed by atoms with Crippen molar-refractivity contribution in [2.45, 2.75) is 6.92 Å². The number of nitrogens with two attached hydrogens (primary N) is 1. The van der Waals surface area contributed by atoms with Gasteiger partial charge in [-0.1, -0.05) is 17.7 Å². The van der Waals surface area contributed by atoms with Crippen LogP contribution in [-0.2, 0) is 0 Å². The van der Waals surface area contributed by atoms with Crippen LogP contribution in [0.2, 0.25) is 5.02 Å². The van der Waals surface area contributed by atoms with Gasteiger partial charge < -0.3 is 5.73 Å². The number of rotatable bonds is 0. The van der Waals surface area contributed by atoms with Gasteiger partial charge >= 0.3 is 0 Å². The second kappa shape index (κ2) is 2.81. The lowest BCUT2D eigenvalue weighted by atomic mass is 10.2. The van der Waals surface area contributed by atoms with E-state index in [2.05, 4.69) is 15.9 Å². The van der Waals surface area contributed by atoms with Crippen molar-refractivity contribution >= 4 is 33.2 Å². The van der Waals surface area contributed by atoms with E-state index in [4.69, 9.17) is 17.3 Å². The molecule has 54 valence electrons. The first-order chi connectivity index (χ1) is 4.63. The Balaban J connectivity index is 3.34. The number of benzene rings is 1. The van der Waals surface area contributed by atoms with Crippen molar-refractivity contribution in [3.05, 3.63) is 27.2 Å². The zero-order valence-corrected chi connectivity index (χ0v) is 7.83. The van der Waals surface area contributed by atoms with E-state index < -0.39 is 0 Å². The van der Waals surface area contributed by atoms with Gasteiger partial charge in [0.1, 0.15) is 0 Å². The van der Waals surface area contributed by atoms with Crippen LogP contribution in [0.1, 0.15) is 5.56 Å². The molecule has 0 radical (unpaired) electrons. The summed E-state index contributed by atoms with van der Waals surface area (Å²) in [5.74, 6) is 0. The van der Waals surface area contributed by atoms with Gasteiger partial charge in [0.25, 0.3) is 0 Å². The highest BCUT2D eigenvalue weighted by Crippen LogP contribution is 2.29. The third-order valence-electron chi connectivity index (χ3n) is 1.32. The van der Waals surface area contributed by atoms with Crippen LogP contribution in [0.5, 0.6) is 0 Å². The van der Waals surface area contributed by atoms with E-state index in [9.17, 15) is 0 Å². The van der Waals surface area contributed by atoms with E-state index in [0.717, 1.165) is 10.0 Å². The molecular weight excluding hydrogens is 213 g/mol. The minimum absolute atomic E-state index is 0.613. The molecule has 3 heteroatoms. The third-order valence-corrected chi connectivity index (χ3v) is 2.51. The van der Waals surface area contributed by atoms with Crippen molar-refractivity contribution < 1.29 is 0 Å². The van der Waals surface area contributed by atoms with Gasteiger partial charge in [-0.05, 0) is 34.5 Å². The third kappa shape index (κ3) is 1.27. The van der Waals surface area contributed by atoms with Crippen LogP contribution in [0.4, 0.5) is 5.69 Å². The lowest BCUT2D eigenvalue weighted by Crippen LogP contribution is -1.89. The SMILES string of the molecule is Cc1ccc(Br)c(N)c1Cl. The Bertz CT molecular complexity index is 233. The minimum atomic E-state index is 0.613. The number of aryl methyl sites for hydroxylation is 1. The van der Waals surface area contributed by atoms with Crippen LogP contribution in [-0.4, -0.2) is 0 Å². The molecule has 2 N–H and O–H groups in total. The molecule has 0 aliphatic carbocycles. The van der Waals surface area contributed by atoms with E-state index in [1.807, 2.05) is 19.1 Å². The molecule has 1 rings (SSSR count). The van der Waals surface area contributed by atoms with Gasteiger partial charge in [0, 0.05) is 4.47 Å². The summed E-state index contributed by atoms with van der Waals surface area (Å²) in [6, 6.07) is 3.80. The maximum Gasteiger partial charge on any atom is 0.0676 e. The van der Waals surface area contributed by atoms with Crippen molar-refractivity contribution in [1.29, 1.82) is 0 Å². The van der Waals surface area contributed by atoms with E-state index in [-0.39, 0.29) is 0 Å². The summed E-state index contributed by atoms with van der Waals surface area (Å²) in [5.41, 5.74) is 7.22. The maximum absolute atomic E-state index is 5.83. The summed E-state index contributed by atoms with van der Waals surface area (Å²) in [6.45, 7) is 1.92. The molecule has 0 saturated carbocycles. The van der Waals surface area contributed by atoms with Gasteiger partial charge in [0.2, 0.25) is 0 Å². The first-order valence-electron chi connectivity index (χ1n) is 2.83. The van der Waals surface area contributed by atoms with Gasteiger partial charge in [-0.2, -0.15) is 0 Å². The van der Waals surface area contributed by atoms with Gasteiger partial charge in [-0.15, -0.1) is 0 Å². The standard InChI is InChI=1S/C7H7BrClN/c1-4-2-3-5(8)7(10)6(4)9/h2-3H,10H2,1H3. The second-order valence-corrected chi connectivity index (χ2v) is 3.32. The average Bonchev–Trinajstić information content (AvgIpc) is 1.93. The largest absolute Gasteiger partial charge is 0.397 e. The summed E-state index contributed by atoms with van der Waals surface area (Å²) >= 11 is 9.10. The predicted octanol–water partition coefficient (Wildman–Crippen LogP) is 2.99. The smallest absolute Gasteiger partial charge is 0.0676 e. The lowest BCUT2D eigenvalue weighted by molar-refractivity contribution is 1.46. The maximum atomic E-state index is 5.83. The number of nitrogen functional groups attached to an aromatic ring is 1. The Morgan fingerprint density at radius 2 is 2.10 bits per heavy atom. The van der Waals surface area contributed by atoms with Crippen molar-refractivity contribution in [3.8, 4) is 0 Å². The van der Waals surface area contributed by atoms with Gasteiger partial charge in [-0.25, -0.2) is 0 Å². The lowest BCUT2D eigenvalue weighted by Gasteiger charge is -2.02. The Kier molecular flexibility index (Phi) is 2.21. The zero-order valence-electron chi connectivity index (χ0n) is 5.49. The zero-order chi connectivity index (χ0) is 7.72. The highest BCUT2D eigenvalue weighted by atomic mass is 79.9. The molecule has 1 aromatic rings. The molecule has 0 fully saturated rings. The molecule has 0 spiro atoms. The molecule has 10 heavy (non-hydrogen) atoms. The monoisotopic (exact) mass is 219 g/mol. The first-order valence-corrected chi connectivity index (χ1v) is 4.00. The molecule has 0 aliphatic heterocycles. The molecular formula is C7H7BrClN. The summed E-state index contributed by atoms with van der Waals surface area (Å²) in [6.07, 6.45) is 0. The topological polar surface area (TPSA) is 26.0 Å². The molecule has 0 amide bonds. The van der Waals surface area contributed by atoms with Gasteiger partial charge in [-0.3, -0.25) is 0 Å². The Morgan fingerprint density at radius 1 is 1.50 bits per heavy atom. The Morgan fingerprint density at radius 3 is 2.60 bits per heavy atom.